The van der Waals surface area contributed by atoms with Gasteiger partial charge in [-0.05, 0) is 35.9 Å². The Labute approximate surface area is 164 Å². The first kappa shape index (κ1) is 18.4. The maximum absolute atomic E-state index is 12.5. The maximum atomic E-state index is 12.5. The molecule has 0 saturated carbocycles. The number of pyridine rings is 2. The van der Waals surface area contributed by atoms with Crippen molar-refractivity contribution < 1.29 is 9.53 Å². The summed E-state index contributed by atoms with van der Waals surface area (Å²) in [5.41, 5.74) is 1.38. The molecule has 3 rings (SSSR count). The predicted octanol–water partition coefficient (Wildman–Crippen LogP) is 4.96. The Kier molecular flexibility index (Phi) is 5.85. The molecule has 0 atom stereocenters. The van der Waals surface area contributed by atoms with Crippen LogP contribution in [0.2, 0.25) is 5.15 Å². The van der Waals surface area contributed by atoms with Crippen molar-refractivity contribution >= 4 is 33.4 Å². The van der Waals surface area contributed by atoms with Gasteiger partial charge < -0.3 is 9.64 Å². The highest BCUT2D eigenvalue weighted by Crippen LogP contribution is 2.23. The van der Waals surface area contributed by atoms with Gasteiger partial charge in [0.15, 0.2) is 0 Å². The Morgan fingerprint density at radius 1 is 1.15 bits per heavy atom. The molecule has 0 bridgehead atoms. The Balaban J connectivity index is 1.65. The van der Waals surface area contributed by atoms with Crippen LogP contribution in [0.15, 0.2) is 65.4 Å². The smallest absolute Gasteiger partial charge is 0.255 e. The number of rotatable bonds is 5. The van der Waals surface area contributed by atoms with Crippen molar-refractivity contribution in [1.82, 2.24) is 14.9 Å². The SMILES string of the molecule is CN(Cc1ccc(Cl)nc1)C(=O)c1ccc(Oc2cccc(Br)c2)nc1. The van der Waals surface area contributed by atoms with E-state index in [1.807, 2.05) is 30.3 Å². The van der Waals surface area contributed by atoms with E-state index in [9.17, 15) is 4.79 Å². The number of carbonyl (C=O) groups is 1. The molecule has 2 heterocycles. The van der Waals surface area contributed by atoms with Crippen LogP contribution < -0.4 is 4.74 Å². The van der Waals surface area contributed by atoms with E-state index in [2.05, 4.69) is 25.9 Å². The van der Waals surface area contributed by atoms with Crippen molar-refractivity contribution in [2.45, 2.75) is 6.54 Å². The molecular formula is C19H15BrClN3O2. The number of aromatic nitrogens is 2. The van der Waals surface area contributed by atoms with Crippen LogP contribution in [0.25, 0.3) is 0 Å². The molecule has 2 aromatic heterocycles. The molecule has 0 radical (unpaired) electrons. The fourth-order valence-corrected chi connectivity index (χ4v) is 2.77. The fourth-order valence-electron chi connectivity index (χ4n) is 2.28. The standard InChI is InChI=1S/C19H15BrClN3O2/c1-24(12-13-5-7-17(21)22-10-13)19(25)14-6-8-18(23-11-14)26-16-4-2-3-15(20)9-16/h2-11H,12H2,1H3. The number of benzene rings is 1. The predicted molar refractivity (Wildman–Crippen MR) is 103 cm³/mol. The molecule has 5 nitrogen and oxygen atoms in total. The van der Waals surface area contributed by atoms with Crippen molar-refractivity contribution in [3.8, 4) is 11.6 Å². The molecule has 0 saturated heterocycles. The van der Waals surface area contributed by atoms with Crippen LogP contribution in [0.5, 0.6) is 11.6 Å². The Morgan fingerprint density at radius 3 is 2.65 bits per heavy atom. The number of halogens is 2. The average Bonchev–Trinajstić information content (AvgIpc) is 2.64. The maximum Gasteiger partial charge on any atom is 0.255 e. The minimum Gasteiger partial charge on any atom is -0.439 e. The van der Waals surface area contributed by atoms with Gasteiger partial charge in [-0.25, -0.2) is 9.97 Å². The lowest BCUT2D eigenvalue weighted by atomic mass is 10.2. The summed E-state index contributed by atoms with van der Waals surface area (Å²) in [6.07, 6.45) is 3.16. The number of nitrogens with zero attached hydrogens (tertiary/aromatic N) is 3. The third-order valence-electron chi connectivity index (χ3n) is 3.56. The Bertz CT molecular complexity index is 901. The average molecular weight is 433 g/mol. The van der Waals surface area contributed by atoms with E-state index in [0.717, 1.165) is 10.0 Å². The van der Waals surface area contributed by atoms with E-state index < -0.39 is 0 Å². The van der Waals surface area contributed by atoms with Gasteiger partial charge in [-0.3, -0.25) is 4.79 Å². The highest BCUT2D eigenvalue weighted by Gasteiger charge is 2.13. The number of hydrogen-bond donors (Lipinski definition) is 0. The van der Waals surface area contributed by atoms with Gasteiger partial charge in [-0.15, -0.1) is 0 Å². The lowest BCUT2D eigenvalue weighted by Gasteiger charge is -2.17. The molecule has 0 spiro atoms. The second kappa shape index (κ2) is 8.29. The van der Waals surface area contributed by atoms with Gasteiger partial charge in [0.25, 0.3) is 5.91 Å². The van der Waals surface area contributed by atoms with Crippen molar-refractivity contribution in [3.63, 3.8) is 0 Å². The molecule has 3 aromatic rings. The van der Waals surface area contributed by atoms with E-state index in [0.29, 0.717) is 28.9 Å². The van der Waals surface area contributed by atoms with Crippen LogP contribution in [0.1, 0.15) is 15.9 Å². The summed E-state index contributed by atoms with van der Waals surface area (Å²) in [6, 6.07) is 14.4. The minimum atomic E-state index is -0.138. The quantitative estimate of drug-likeness (QED) is 0.535. The Morgan fingerprint density at radius 2 is 2.00 bits per heavy atom. The molecule has 1 amide bonds. The molecule has 0 N–H and O–H groups in total. The third kappa shape index (κ3) is 4.80. The van der Waals surface area contributed by atoms with Crippen LogP contribution in [0, 0.1) is 0 Å². The summed E-state index contributed by atoms with van der Waals surface area (Å²) in [5.74, 6) is 0.948. The number of hydrogen-bond acceptors (Lipinski definition) is 4. The van der Waals surface area contributed by atoms with E-state index >= 15 is 0 Å². The van der Waals surface area contributed by atoms with Gasteiger partial charge in [-0.2, -0.15) is 0 Å². The third-order valence-corrected chi connectivity index (χ3v) is 4.27. The minimum absolute atomic E-state index is 0.138. The normalized spacial score (nSPS) is 10.4. The van der Waals surface area contributed by atoms with E-state index in [4.69, 9.17) is 16.3 Å². The molecule has 0 aliphatic carbocycles. The molecule has 26 heavy (non-hydrogen) atoms. The summed E-state index contributed by atoms with van der Waals surface area (Å²) < 4.78 is 6.59. The zero-order chi connectivity index (χ0) is 18.5. The van der Waals surface area contributed by atoms with Gasteiger partial charge in [0.2, 0.25) is 5.88 Å². The zero-order valence-electron chi connectivity index (χ0n) is 13.9. The Hall–Kier alpha value is -2.44. The van der Waals surface area contributed by atoms with E-state index in [1.165, 1.54) is 6.20 Å². The lowest BCUT2D eigenvalue weighted by Crippen LogP contribution is -2.26. The largest absolute Gasteiger partial charge is 0.439 e. The first-order chi connectivity index (χ1) is 12.5. The molecular weight excluding hydrogens is 418 g/mol. The molecule has 0 aliphatic rings. The van der Waals surface area contributed by atoms with Crippen LogP contribution in [0.4, 0.5) is 0 Å². The molecule has 0 aliphatic heterocycles. The molecule has 132 valence electrons. The summed E-state index contributed by atoms with van der Waals surface area (Å²) in [5, 5.41) is 0.424. The number of amides is 1. The first-order valence-electron chi connectivity index (χ1n) is 7.76. The van der Waals surface area contributed by atoms with E-state index in [-0.39, 0.29) is 5.91 Å². The van der Waals surface area contributed by atoms with Crippen molar-refractivity contribution in [2.75, 3.05) is 7.05 Å². The summed E-state index contributed by atoms with van der Waals surface area (Å²) in [6.45, 7) is 0.430. The van der Waals surface area contributed by atoms with Crippen molar-refractivity contribution in [2.24, 2.45) is 0 Å². The molecule has 0 unspecified atom stereocenters. The number of carbonyl (C=O) groups excluding carboxylic acids is 1. The lowest BCUT2D eigenvalue weighted by molar-refractivity contribution is 0.0784. The van der Waals surface area contributed by atoms with Gasteiger partial charge in [0, 0.05) is 36.5 Å². The second-order valence-corrected chi connectivity index (χ2v) is 6.90. The highest BCUT2D eigenvalue weighted by atomic mass is 79.9. The van der Waals surface area contributed by atoms with E-state index in [1.54, 1.807) is 36.3 Å². The van der Waals surface area contributed by atoms with Gasteiger partial charge in [0.1, 0.15) is 10.9 Å². The molecule has 0 fully saturated rings. The van der Waals surface area contributed by atoms with Gasteiger partial charge in [-0.1, -0.05) is 39.7 Å². The van der Waals surface area contributed by atoms with Gasteiger partial charge in [0.05, 0.1) is 5.56 Å². The summed E-state index contributed by atoms with van der Waals surface area (Å²) >= 11 is 9.16. The summed E-state index contributed by atoms with van der Waals surface area (Å²) in [7, 11) is 1.73. The van der Waals surface area contributed by atoms with Crippen LogP contribution in [-0.4, -0.2) is 27.8 Å². The van der Waals surface area contributed by atoms with Gasteiger partial charge >= 0.3 is 0 Å². The zero-order valence-corrected chi connectivity index (χ0v) is 16.2. The highest BCUT2D eigenvalue weighted by molar-refractivity contribution is 9.10. The van der Waals surface area contributed by atoms with Crippen LogP contribution >= 0.6 is 27.5 Å². The molecule has 7 heteroatoms. The summed E-state index contributed by atoms with van der Waals surface area (Å²) in [4.78, 5) is 22.3. The van der Waals surface area contributed by atoms with Crippen molar-refractivity contribution in [1.29, 1.82) is 0 Å². The monoisotopic (exact) mass is 431 g/mol. The molecule has 1 aromatic carbocycles. The topological polar surface area (TPSA) is 55.3 Å². The fraction of sp³-hybridized carbons (Fsp3) is 0.105. The van der Waals surface area contributed by atoms with Crippen LogP contribution in [0.3, 0.4) is 0 Å². The first-order valence-corrected chi connectivity index (χ1v) is 8.94. The second-order valence-electron chi connectivity index (χ2n) is 5.59. The van der Waals surface area contributed by atoms with Crippen LogP contribution in [-0.2, 0) is 6.54 Å². The number of ether oxygens (including phenoxy) is 1. The van der Waals surface area contributed by atoms with Crippen molar-refractivity contribution in [3.05, 3.63) is 81.7 Å².